The van der Waals surface area contributed by atoms with Crippen LogP contribution in [-0.4, -0.2) is 21.0 Å². The van der Waals surface area contributed by atoms with E-state index in [9.17, 15) is 0 Å². The highest BCUT2D eigenvalue weighted by Gasteiger charge is 2.20. The van der Waals surface area contributed by atoms with Crippen molar-refractivity contribution in [3.05, 3.63) is 29.5 Å². The molecule has 1 N–H and O–H groups in total. The Morgan fingerprint density at radius 3 is 2.88 bits per heavy atom. The number of hydrogen-bond acceptors (Lipinski definition) is 5. The quantitative estimate of drug-likeness (QED) is 0.874. The third kappa shape index (κ3) is 2.25. The molecule has 0 aromatic carbocycles. The number of thiazole rings is 1. The lowest BCUT2D eigenvalue weighted by Gasteiger charge is -1.97. The summed E-state index contributed by atoms with van der Waals surface area (Å²) >= 11 is 1.60. The molecule has 0 unspecified atom stereocenters. The lowest BCUT2D eigenvalue weighted by Crippen LogP contribution is -2.15. The van der Waals surface area contributed by atoms with Crippen molar-refractivity contribution in [1.29, 1.82) is 0 Å². The monoisotopic (exact) mass is 232 g/mol. The zero-order valence-corrected chi connectivity index (χ0v) is 9.57. The fourth-order valence-corrected chi connectivity index (χ4v) is 2.20. The van der Waals surface area contributed by atoms with E-state index in [1.165, 1.54) is 12.8 Å². The van der Waals surface area contributed by atoms with Crippen LogP contribution in [0.1, 0.15) is 18.5 Å². The molecule has 0 amide bonds. The number of nitrogens with zero attached hydrogens (tertiary/aromatic N) is 3. The summed E-state index contributed by atoms with van der Waals surface area (Å²) in [6.07, 6.45) is 6.09. The molecule has 0 radical (unpaired) electrons. The topological polar surface area (TPSA) is 50.7 Å². The van der Waals surface area contributed by atoms with Crippen molar-refractivity contribution in [2.24, 2.45) is 0 Å². The van der Waals surface area contributed by atoms with Gasteiger partial charge in [0.25, 0.3) is 0 Å². The number of rotatable bonds is 4. The van der Waals surface area contributed by atoms with Crippen LogP contribution in [0.5, 0.6) is 0 Å². The molecule has 16 heavy (non-hydrogen) atoms. The van der Waals surface area contributed by atoms with E-state index in [0.29, 0.717) is 5.82 Å². The Kier molecular flexibility index (Phi) is 2.63. The summed E-state index contributed by atoms with van der Waals surface area (Å²) < 4.78 is 0. The Balaban J connectivity index is 1.71. The normalized spacial score (nSPS) is 15.2. The smallest absolute Gasteiger partial charge is 0.188 e. The molecule has 4 nitrogen and oxygen atoms in total. The van der Waals surface area contributed by atoms with Gasteiger partial charge >= 0.3 is 0 Å². The van der Waals surface area contributed by atoms with Crippen LogP contribution in [0.2, 0.25) is 0 Å². The van der Waals surface area contributed by atoms with E-state index < -0.39 is 0 Å². The minimum Gasteiger partial charge on any atom is -0.308 e. The number of nitrogens with one attached hydrogen (secondary N) is 1. The van der Waals surface area contributed by atoms with E-state index in [2.05, 4.69) is 25.6 Å². The Hall–Kier alpha value is -1.33. The van der Waals surface area contributed by atoms with Gasteiger partial charge in [0, 0.05) is 30.4 Å². The summed E-state index contributed by atoms with van der Waals surface area (Å²) in [4.78, 5) is 12.9. The molecule has 0 atom stereocenters. The van der Waals surface area contributed by atoms with Gasteiger partial charge in [-0.1, -0.05) is 0 Å². The first kappa shape index (κ1) is 9.86. The molecular weight excluding hydrogens is 220 g/mol. The zero-order chi connectivity index (χ0) is 10.8. The largest absolute Gasteiger partial charge is 0.308 e. The van der Waals surface area contributed by atoms with Crippen LogP contribution in [0.25, 0.3) is 10.8 Å². The molecule has 0 saturated heterocycles. The molecule has 5 heteroatoms. The summed E-state index contributed by atoms with van der Waals surface area (Å²) in [6, 6.07) is 2.53. The fraction of sp³-hybridized carbons (Fsp3) is 0.364. The molecular formula is C11H12N4S. The Morgan fingerprint density at radius 2 is 2.12 bits per heavy atom. The maximum absolute atomic E-state index is 4.51. The average molecular weight is 232 g/mol. The number of hydrogen-bond donors (Lipinski definition) is 1. The van der Waals surface area contributed by atoms with Crippen LogP contribution in [-0.2, 0) is 6.54 Å². The van der Waals surface area contributed by atoms with Gasteiger partial charge < -0.3 is 5.32 Å². The zero-order valence-electron chi connectivity index (χ0n) is 8.76. The van der Waals surface area contributed by atoms with Crippen LogP contribution in [0.4, 0.5) is 0 Å². The van der Waals surface area contributed by atoms with E-state index >= 15 is 0 Å². The van der Waals surface area contributed by atoms with Crippen molar-refractivity contribution in [3.8, 4) is 10.8 Å². The second kappa shape index (κ2) is 4.27. The fourth-order valence-electron chi connectivity index (χ4n) is 1.44. The van der Waals surface area contributed by atoms with E-state index in [0.717, 1.165) is 23.3 Å². The molecule has 3 rings (SSSR count). The van der Waals surface area contributed by atoms with Gasteiger partial charge in [0.1, 0.15) is 0 Å². The van der Waals surface area contributed by atoms with E-state index in [1.807, 2.05) is 6.07 Å². The molecule has 0 aliphatic heterocycles. The van der Waals surface area contributed by atoms with Gasteiger partial charge in [-0.2, -0.15) is 0 Å². The molecule has 0 spiro atoms. The molecule has 1 aliphatic carbocycles. The number of aromatic nitrogens is 3. The third-order valence-corrected chi connectivity index (χ3v) is 3.35. The van der Waals surface area contributed by atoms with E-state index in [1.54, 1.807) is 23.7 Å². The first-order valence-electron chi connectivity index (χ1n) is 5.37. The molecule has 1 aliphatic rings. The van der Waals surface area contributed by atoms with Crippen LogP contribution in [0.15, 0.2) is 23.8 Å². The molecule has 2 aromatic rings. The van der Waals surface area contributed by atoms with Crippen LogP contribution in [0, 0.1) is 0 Å². The van der Waals surface area contributed by atoms with Gasteiger partial charge in [0.2, 0.25) is 0 Å². The van der Waals surface area contributed by atoms with Crippen molar-refractivity contribution in [2.75, 3.05) is 0 Å². The second-order valence-corrected chi connectivity index (χ2v) is 4.73. The highest BCUT2D eigenvalue weighted by molar-refractivity contribution is 7.13. The second-order valence-electron chi connectivity index (χ2n) is 3.87. The molecule has 1 saturated carbocycles. The summed E-state index contributed by atoms with van der Waals surface area (Å²) in [5.41, 5.74) is 1.08. The highest BCUT2D eigenvalue weighted by atomic mass is 32.1. The third-order valence-electron chi connectivity index (χ3n) is 2.46. The molecule has 1 fully saturated rings. The van der Waals surface area contributed by atoms with E-state index in [-0.39, 0.29) is 0 Å². The van der Waals surface area contributed by atoms with Gasteiger partial charge in [-0.05, 0) is 18.9 Å². The van der Waals surface area contributed by atoms with Gasteiger partial charge in [0.15, 0.2) is 10.8 Å². The summed E-state index contributed by atoms with van der Waals surface area (Å²) in [6.45, 7) is 0.855. The van der Waals surface area contributed by atoms with Crippen molar-refractivity contribution in [3.63, 3.8) is 0 Å². The predicted molar refractivity (Wildman–Crippen MR) is 63.0 cm³/mol. The van der Waals surface area contributed by atoms with Crippen LogP contribution < -0.4 is 5.32 Å². The Morgan fingerprint density at radius 1 is 1.31 bits per heavy atom. The summed E-state index contributed by atoms with van der Waals surface area (Å²) in [5, 5.41) is 6.41. The molecule has 2 aromatic heterocycles. The van der Waals surface area contributed by atoms with E-state index in [4.69, 9.17) is 0 Å². The lowest BCUT2D eigenvalue weighted by molar-refractivity contribution is 0.677. The van der Waals surface area contributed by atoms with Gasteiger partial charge in [-0.15, -0.1) is 11.3 Å². The predicted octanol–water partition coefficient (Wildman–Crippen LogP) is 1.85. The maximum Gasteiger partial charge on any atom is 0.188 e. The minimum absolute atomic E-state index is 0.713. The van der Waals surface area contributed by atoms with Crippen molar-refractivity contribution in [2.45, 2.75) is 25.4 Å². The summed E-state index contributed by atoms with van der Waals surface area (Å²) in [5.74, 6) is 0.713. The SMILES string of the molecule is c1cnc(-c2nc(CNC3CC3)cs2)nc1. The standard InChI is InChI=1S/C11H12N4S/c1-4-12-10(13-5-1)11-15-9(7-16-11)6-14-8-2-3-8/h1,4-5,7-8,14H,2-3,6H2. The highest BCUT2D eigenvalue weighted by Crippen LogP contribution is 2.22. The van der Waals surface area contributed by atoms with Crippen molar-refractivity contribution < 1.29 is 0 Å². The molecule has 0 bridgehead atoms. The lowest BCUT2D eigenvalue weighted by atomic mass is 10.4. The minimum atomic E-state index is 0.713. The van der Waals surface area contributed by atoms with Gasteiger partial charge in [-0.3, -0.25) is 0 Å². The molecule has 82 valence electrons. The van der Waals surface area contributed by atoms with Crippen molar-refractivity contribution >= 4 is 11.3 Å². The first-order chi connectivity index (χ1) is 7.92. The van der Waals surface area contributed by atoms with Crippen LogP contribution >= 0.6 is 11.3 Å². The Labute approximate surface area is 97.8 Å². The van der Waals surface area contributed by atoms with Gasteiger partial charge in [0.05, 0.1) is 5.69 Å². The van der Waals surface area contributed by atoms with Crippen molar-refractivity contribution in [1.82, 2.24) is 20.3 Å². The first-order valence-corrected chi connectivity index (χ1v) is 6.25. The summed E-state index contributed by atoms with van der Waals surface area (Å²) in [7, 11) is 0. The maximum atomic E-state index is 4.51. The van der Waals surface area contributed by atoms with Gasteiger partial charge in [-0.25, -0.2) is 15.0 Å². The average Bonchev–Trinajstić information content (AvgIpc) is 3.05. The Bertz CT molecular complexity index is 464. The molecule has 2 heterocycles. The van der Waals surface area contributed by atoms with Crippen LogP contribution in [0.3, 0.4) is 0 Å².